The lowest BCUT2D eigenvalue weighted by atomic mass is 9.87. The van der Waals surface area contributed by atoms with E-state index in [0.29, 0.717) is 0 Å². The predicted molar refractivity (Wildman–Crippen MR) is 88.1 cm³/mol. The van der Waals surface area contributed by atoms with Crippen molar-refractivity contribution >= 4 is 5.97 Å². The van der Waals surface area contributed by atoms with Gasteiger partial charge in [0, 0.05) is 0 Å². The number of hydrogen-bond acceptors (Lipinski definition) is 5. The van der Waals surface area contributed by atoms with Crippen LogP contribution in [0.1, 0.15) is 19.4 Å². The number of alkyl halides is 3. The van der Waals surface area contributed by atoms with Gasteiger partial charge >= 0.3 is 5.97 Å². The Hall–Kier alpha value is -1.64. The lowest BCUT2D eigenvalue weighted by Crippen LogP contribution is -2.50. The minimum atomic E-state index is -3.00. The number of fused-ring (bicyclic) bond motifs is 1. The molecule has 3 atom stereocenters. The van der Waals surface area contributed by atoms with Gasteiger partial charge in [0.1, 0.15) is 18.8 Å². The third kappa shape index (κ3) is 3.72. The van der Waals surface area contributed by atoms with Crippen LogP contribution in [0, 0.1) is 5.41 Å². The number of benzene rings is 1. The van der Waals surface area contributed by atoms with Crippen LogP contribution in [-0.4, -0.2) is 54.9 Å². The molecule has 8 heteroatoms. The molecule has 2 aliphatic heterocycles. The molecule has 0 aliphatic carbocycles. The van der Waals surface area contributed by atoms with Gasteiger partial charge in [-0.15, -0.1) is 0 Å². The van der Waals surface area contributed by atoms with Crippen molar-refractivity contribution in [3.8, 4) is 0 Å². The van der Waals surface area contributed by atoms with Crippen LogP contribution in [-0.2, 0) is 21.0 Å². The third-order valence-corrected chi connectivity index (χ3v) is 5.01. The highest BCUT2D eigenvalue weighted by atomic mass is 19.3. The molecule has 2 saturated heterocycles. The van der Waals surface area contributed by atoms with Gasteiger partial charge in [-0.2, -0.15) is 5.06 Å². The lowest BCUT2D eigenvalue weighted by Gasteiger charge is -2.32. The normalized spacial score (nSPS) is 26.5. The minimum absolute atomic E-state index is 0.0305. The van der Waals surface area contributed by atoms with Gasteiger partial charge in [0.05, 0.1) is 31.2 Å². The number of nitrogens with zero attached hydrogens (tertiary/aromatic N) is 1. The summed E-state index contributed by atoms with van der Waals surface area (Å²) in [6.45, 7) is 2.02. The van der Waals surface area contributed by atoms with Gasteiger partial charge in [0.15, 0.2) is 0 Å². The zero-order valence-corrected chi connectivity index (χ0v) is 14.8. The van der Waals surface area contributed by atoms with E-state index in [9.17, 15) is 18.0 Å². The molecular formula is C18H23F3N2O3. The average molecular weight is 372 g/mol. The second-order valence-corrected chi connectivity index (χ2v) is 7.34. The van der Waals surface area contributed by atoms with E-state index in [1.807, 2.05) is 18.2 Å². The first-order valence-electron chi connectivity index (χ1n) is 8.58. The largest absolute Gasteiger partial charge is 0.460 e. The smallest absolute Gasteiger partial charge is 0.314 e. The third-order valence-electron chi connectivity index (χ3n) is 5.01. The molecule has 3 rings (SSSR count). The molecule has 1 unspecified atom stereocenters. The van der Waals surface area contributed by atoms with Crippen LogP contribution >= 0.6 is 0 Å². The molecule has 0 radical (unpaired) electrons. The van der Waals surface area contributed by atoms with E-state index in [0.717, 1.165) is 10.6 Å². The zero-order valence-electron chi connectivity index (χ0n) is 14.8. The summed E-state index contributed by atoms with van der Waals surface area (Å²) >= 11 is 0. The number of carbonyl (C=O) groups excluding carboxylic acids is 1. The van der Waals surface area contributed by atoms with E-state index in [1.54, 1.807) is 12.1 Å². The van der Waals surface area contributed by atoms with Gasteiger partial charge in [-0.25, -0.2) is 13.2 Å². The first kappa shape index (κ1) is 19.1. The summed E-state index contributed by atoms with van der Waals surface area (Å²) in [4.78, 5) is 17.6. The standard InChI is InChI=1S/C18H23F3N2O3/c1-17(2,16(24)25-9-12-6-4-3-5-7-12)14(19)8-23-15-13(10-26-23)22-11-18(15,20)21/h3-7,13-15,22H,8-11H2,1-2H3/t13-,14?,15+/m1/s1. The maximum Gasteiger partial charge on any atom is 0.314 e. The molecule has 1 N–H and O–H groups in total. The Kier molecular flexibility index (Phi) is 5.28. The number of ether oxygens (including phenoxy) is 1. The number of esters is 1. The fourth-order valence-corrected chi connectivity index (χ4v) is 3.18. The van der Waals surface area contributed by atoms with Crippen molar-refractivity contribution in [3.05, 3.63) is 35.9 Å². The molecule has 2 aliphatic rings. The van der Waals surface area contributed by atoms with Crippen molar-refractivity contribution in [3.63, 3.8) is 0 Å². The molecule has 2 heterocycles. The summed E-state index contributed by atoms with van der Waals surface area (Å²) in [5, 5.41) is 3.66. The fraction of sp³-hybridized carbons (Fsp3) is 0.611. The van der Waals surface area contributed by atoms with Gasteiger partial charge < -0.3 is 10.1 Å². The first-order chi connectivity index (χ1) is 12.2. The van der Waals surface area contributed by atoms with Crippen LogP contribution in [0.25, 0.3) is 0 Å². The van der Waals surface area contributed by atoms with Crippen LogP contribution in [0.4, 0.5) is 13.2 Å². The van der Waals surface area contributed by atoms with Crippen molar-refractivity contribution in [2.75, 3.05) is 19.7 Å². The van der Waals surface area contributed by atoms with Crippen LogP contribution in [0.2, 0.25) is 0 Å². The second kappa shape index (κ2) is 7.17. The molecule has 0 bridgehead atoms. The van der Waals surface area contributed by atoms with E-state index < -0.39 is 48.7 Å². The molecule has 5 nitrogen and oxygen atoms in total. The summed E-state index contributed by atoms with van der Waals surface area (Å²) in [6, 6.07) is 7.28. The summed E-state index contributed by atoms with van der Waals surface area (Å²) in [5.74, 6) is -3.72. The van der Waals surface area contributed by atoms with Crippen molar-refractivity contribution in [1.82, 2.24) is 10.4 Å². The van der Waals surface area contributed by atoms with Crippen molar-refractivity contribution < 1.29 is 27.5 Å². The molecule has 0 aromatic heterocycles. The Morgan fingerprint density at radius 1 is 1.42 bits per heavy atom. The molecule has 0 saturated carbocycles. The highest BCUT2D eigenvalue weighted by Gasteiger charge is 2.58. The monoisotopic (exact) mass is 372 g/mol. The van der Waals surface area contributed by atoms with Gasteiger partial charge in [-0.1, -0.05) is 30.3 Å². The Labute approximate surface area is 150 Å². The Morgan fingerprint density at radius 2 is 2.12 bits per heavy atom. The van der Waals surface area contributed by atoms with Crippen molar-refractivity contribution in [1.29, 1.82) is 0 Å². The van der Waals surface area contributed by atoms with E-state index in [2.05, 4.69) is 5.32 Å². The van der Waals surface area contributed by atoms with Crippen LogP contribution in [0.3, 0.4) is 0 Å². The van der Waals surface area contributed by atoms with Gasteiger partial charge in [0.25, 0.3) is 5.92 Å². The van der Waals surface area contributed by atoms with E-state index in [-0.39, 0.29) is 13.2 Å². The van der Waals surface area contributed by atoms with E-state index in [4.69, 9.17) is 9.57 Å². The molecule has 2 fully saturated rings. The number of hydrogen-bond donors (Lipinski definition) is 1. The molecule has 0 spiro atoms. The minimum Gasteiger partial charge on any atom is -0.460 e. The zero-order chi connectivity index (χ0) is 18.9. The van der Waals surface area contributed by atoms with Crippen LogP contribution < -0.4 is 5.32 Å². The second-order valence-electron chi connectivity index (χ2n) is 7.34. The average Bonchev–Trinajstić information content (AvgIpc) is 3.15. The first-order valence-corrected chi connectivity index (χ1v) is 8.58. The Morgan fingerprint density at radius 3 is 2.81 bits per heavy atom. The topological polar surface area (TPSA) is 50.8 Å². The molecular weight excluding hydrogens is 349 g/mol. The summed E-state index contributed by atoms with van der Waals surface area (Å²) < 4.78 is 48.0. The molecule has 26 heavy (non-hydrogen) atoms. The number of halogens is 3. The SMILES string of the molecule is CC(C)(C(=O)OCc1ccccc1)C(F)CN1OC[C@H]2NCC(F)(F)[C@H]21. The van der Waals surface area contributed by atoms with Gasteiger partial charge in [-0.05, 0) is 19.4 Å². The number of nitrogens with one attached hydrogen (secondary N) is 1. The molecule has 1 aromatic rings. The maximum atomic E-state index is 14.8. The van der Waals surface area contributed by atoms with Crippen LogP contribution in [0.15, 0.2) is 30.3 Å². The highest BCUT2D eigenvalue weighted by Crippen LogP contribution is 2.36. The molecule has 0 amide bonds. The van der Waals surface area contributed by atoms with E-state index >= 15 is 0 Å². The van der Waals surface area contributed by atoms with Crippen molar-refractivity contribution in [2.24, 2.45) is 5.41 Å². The molecule has 144 valence electrons. The number of carbonyl (C=O) groups is 1. The highest BCUT2D eigenvalue weighted by molar-refractivity contribution is 5.76. The van der Waals surface area contributed by atoms with Gasteiger partial charge in [0.2, 0.25) is 0 Å². The number of hydroxylamine groups is 2. The Bertz CT molecular complexity index is 642. The summed E-state index contributed by atoms with van der Waals surface area (Å²) in [6.07, 6.45) is -1.72. The summed E-state index contributed by atoms with van der Waals surface area (Å²) in [5.41, 5.74) is -0.702. The predicted octanol–water partition coefficient (Wildman–Crippen LogP) is 2.32. The molecule has 1 aromatic carbocycles. The van der Waals surface area contributed by atoms with Crippen LogP contribution in [0.5, 0.6) is 0 Å². The van der Waals surface area contributed by atoms with E-state index in [1.165, 1.54) is 13.8 Å². The lowest BCUT2D eigenvalue weighted by molar-refractivity contribution is -0.195. The Balaban J connectivity index is 1.59. The van der Waals surface area contributed by atoms with Gasteiger partial charge in [-0.3, -0.25) is 9.63 Å². The maximum absolute atomic E-state index is 14.8. The van der Waals surface area contributed by atoms with Crippen molar-refractivity contribution in [2.45, 2.75) is 44.6 Å². The summed E-state index contributed by atoms with van der Waals surface area (Å²) in [7, 11) is 0. The number of rotatable bonds is 6. The quantitative estimate of drug-likeness (QED) is 0.777. The fourth-order valence-electron chi connectivity index (χ4n) is 3.18.